The highest BCUT2D eigenvalue weighted by molar-refractivity contribution is 8.03. The van der Waals surface area contributed by atoms with Crippen LogP contribution < -0.4 is 0 Å². The molecule has 1 aromatic carbocycles. The molecule has 0 aromatic heterocycles. The minimum absolute atomic E-state index is 0.0613. The van der Waals surface area contributed by atoms with Crippen molar-refractivity contribution in [1.82, 2.24) is 0 Å². The number of carboxylic acids is 1. The van der Waals surface area contributed by atoms with Gasteiger partial charge in [0.25, 0.3) is 0 Å². The lowest BCUT2D eigenvalue weighted by Gasteiger charge is -2.14. The third-order valence-electron chi connectivity index (χ3n) is 3.65. The van der Waals surface area contributed by atoms with Crippen LogP contribution in [0.5, 0.6) is 0 Å². The predicted octanol–water partition coefficient (Wildman–Crippen LogP) is 3.76. The second-order valence-corrected chi connectivity index (χ2v) is 6.18. The molecule has 0 spiro atoms. The zero-order valence-electron chi connectivity index (χ0n) is 11.6. The Morgan fingerprint density at radius 3 is 2.71 bits per heavy atom. The summed E-state index contributed by atoms with van der Waals surface area (Å²) in [5, 5.41) is 9.11. The van der Waals surface area contributed by atoms with Crippen molar-refractivity contribution in [3.8, 4) is 0 Å². The van der Waals surface area contributed by atoms with E-state index in [1.807, 2.05) is 18.2 Å². The first kappa shape index (κ1) is 13.9. The molecule has 0 saturated carbocycles. The molecular formula is C17H14O3S. The average Bonchev–Trinajstić information content (AvgIpc) is 2.64. The number of fused-ring (bicyclic) bond motifs is 2. The van der Waals surface area contributed by atoms with Gasteiger partial charge in [0.2, 0.25) is 0 Å². The lowest BCUT2D eigenvalue weighted by molar-refractivity contribution is -0.132. The van der Waals surface area contributed by atoms with Gasteiger partial charge < -0.3 is 5.11 Å². The first-order valence-corrected chi connectivity index (χ1v) is 7.52. The van der Waals surface area contributed by atoms with Crippen LogP contribution in [0.25, 0.3) is 0 Å². The van der Waals surface area contributed by atoms with Crippen molar-refractivity contribution in [2.75, 3.05) is 0 Å². The minimum atomic E-state index is -0.890. The summed E-state index contributed by atoms with van der Waals surface area (Å²) in [4.78, 5) is 24.7. The van der Waals surface area contributed by atoms with Crippen LogP contribution in [0.2, 0.25) is 0 Å². The van der Waals surface area contributed by atoms with Gasteiger partial charge >= 0.3 is 5.97 Å². The molecule has 4 heteroatoms. The molecule has 1 aliphatic heterocycles. The highest BCUT2D eigenvalue weighted by Gasteiger charge is 2.20. The number of carbonyl (C=O) groups is 2. The molecule has 1 aliphatic carbocycles. The zero-order valence-corrected chi connectivity index (χ0v) is 12.4. The maximum Gasteiger partial charge on any atom is 0.335 e. The number of hydrogen-bond acceptors (Lipinski definition) is 3. The van der Waals surface area contributed by atoms with E-state index in [9.17, 15) is 9.59 Å². The number of benzene rings is 1. The number of carboxylic acid groups (broad SMARTS) is 1. The fourth-order valence-electron chi connectivity index (χ4n) is 2.45. The van der Waals surface area contributed by atoms with Crippen LogP contribution in [-0.2, 0) is 11.2 Å². The number of hydrogen-bond donors (Lipinski definition) is 1. The van der Waals surface area contributed by atoms with Gasteiger partial charge in [0, 0.05) is 15.4 Å². The monoisotopic (exact) mass is 298 g/mol. The standard InChI is InChI=1S/C17H14O3S/c1-10(18)12-6-7-15-13(8-12)4-2-11-3-5-14(17(19)20)9-16(11)21-15/h2,5-9H,3-4H2,1H3,(H,19,20). The van der Waals surface area contributed by atoms with Crippen molar-refractivity contribution in [2.24, 2.45) is 0 Å². The van der Waals surface area contributed by atoms with Gasteiger partial charge in [0.15, 0.2) is 5.78 Å². The van der Waals surface area contributed by atoms with Crippen molar-refractivity contribution in [2.45, 2.75) is 24.7 Å². The summed E-state index contributed by atoms with van der Waals surface area (Å²) in [5.74, 6) is -0.829. The second kappa shape index (κ2) is 5.37. The van der Waals surface area contributed by atoms with Gasteiger partial charge in [-0.25, -0.2) is 4.79 Å². The van der Waals surface area contributed by atoms with Crippen molar-refractivity contribution in [3.05, 3.63) is 63.6 Å². The van der Waals surface area contributed by atoms with Crippen LogP contribution in [0.3, 0.4) is 0 Å². The highest BCUT2D eigenvalue weighted by Crippen LogP contribution is 2.41. The van der Waals surface area contributed by atoms with Crippen LogP contribution in [-0.4, -0.2) is 16.9 Å². The second-order valence-electron chi connectivity index (χ2n) is 5.09. The molecule has 106 valence electrons. The van der Waals surface area contributed by atoms with E-state index in [0.717, 1.165) is 32.9 Å². The molecule has 0 atom stereocenters. The summed E-state index contributed by atoms with van der Waals surface area (Å²) in [6, 6.07) is 5.72. The van der Waals surface area contributed by atoms with E-state index >= 15 is 0 Å². The molecule has 21 heavy (non-hydrogen) atoms. The highest BCUT2D eigenvalue weighted by atomic mass is 32.2. The third-order valence-corrected chi connectivity index (χ3v) is 4.87. The molecule has 0 bridgehead atoms. The van der Waals surface area contributed by atoms with Gasteiger partial charge in [-0.05, 0) is 49.1 Å². The Balaban J connectivity index is 2.00. The summed E-state index contributed by atoms with van der Waals surface area (Å²) in [6.07, 6.45) is 7.02. The largest absolute Gasteiger partial charge is 0.478 e. The average molecular weight is 298 g/mol. The van der Waals surface area contributed by atoms with E-state index in [1.54, 1.807) is 30.8 Å². The molecule has 1 N–H and O–H groups in total. The fourth-order valence-corrected chi connectivity index (χ4v) is 3.58. The van der Waals surface area contributed by atoms with Gasteiger partial charge in [0.05, 0.1) is 5.57 Å². The third kappa shape index (κ3) is 2.72. The Morgan fingerprint density at radius 2 is 2.00 bits per heavy atom. The first-order valence-electron chi connectivity index (χ1n) is 6.71. The van der Waals surface area contributed by atoms with E-state index in [0.29, 0.717) is 12.0 Å². The van der Waals surface area contributed by atoms with E-state index < -0.39 is 5.97 Å². The lowest BCUT2D eigenvalue weighted by Crippen LogP contribution is -2.03. The summed E-state index contributed by atoms with van der Waals surface area (Å²) >= 11 is 1.58. The van der Waals surface area contributed by atoms with E-state index in [2.05, 4.69) is 6.08 Å². The number of thioether (sulfide) groups is 1. The molecule has 0 saturated heterocycles. The van der Waals surface area contributed by atoms with Crippen LogP contribution in [0.1, 0.15) is 29.3 Å². The predicted molar refractivity (Wildman–Crippen MR) is 82.5 cm³/mol. The van der Waals surface area contributed by atoms with Crippen LogP contribution in [0, 0.1) is 0 Å². The zero-order chi connectivity index (χ0) is 15.0. The molecule has 0 amide bonds. The number of ketones is 1. The van der Waals surface area contributed by atoms with Crippen molar-refractivity contribution in [1.29, 1.82) is 0 Å². The SMILES string of the molecule is CC(=O)c1ccc2c(c1)CC=C1CC=C(C(=O)O)C=C1S2. The lowest BCUT2D eigenvalue weighted by atomic mass is 9.99. The van der Waals surface area contributed by atoms with Crippen molar-refractivity contribution in [3.63, 3.8) is 0 Å². The molecular weight excluding hydrogens is 284 g/mol. The van der Waals surface area contributed by atoms with Crippen molar-refractivity contribution < 1.29 is 14.7 Å². The van der Waals surface area contributed by atoms with Gasteiger partial charge in [-0.15, -0.1) is 0 Å². The molecule has 2 aliphatic rings. The Bertz CT molecular complexity index is 738. The van der Waals surface area contributed by atoms with Gasteiger partial charge in [-0.3, -0.25) is 4.79 Å². The molecule has 1 aromatic rings. The maximum atomic E-state index is 11.5. The molecule has 0 unspecified atom stereocenters. The van der Waals surface area contributed by atoms with Gasteiger partial charge in [0.1, 0.15) is 0 Å². The van der Waals surface area contributed by atoms with Gasteiger partial charge in [-0.2, -0.15) is 0 Å². The normalized spacial score (nSPS) is 16.7. The number of aliphatic carboxylic acids is 1. The van der Waals surface area contributed by atoms with Crippen LogP contribution in [0.4, 0.5) is 0 Å². The number of carbonyl (C=O) groups excluding carboxylic acids is 1. The number of Topliss-reactive ketones (excluding diaryl/α,β-unsaturated/α-hetero) is 1. The fraction of sp³-hybridized carbons (Fsp3) is 0.176. The Morgan fingerprint density at radius 1 is 1.19 bits per heavy atom. The van der Waals surface area contributed by atoms with E-state index in [1.165, 1.54) is 0 Å². The summed E-state index contributed by atoms with van der Waals surface area (Å²) in [7, 11) is 0. The number of allylic oxidation sites excluding steroid dienone is 3. The molecule has 0 radical (unpaired) electrons. The number of rotatable bonds is 2. The Hall–Kier alpha value is -2.07. The van der Waals surface area contributed by atoms with Gasteiger partial charge in [-0.1, -0.05) is 30.0 Å². The molecule has 0 fully saturated rings. The van der Waals surface area contributed by atoms with Crippen molar-refractivity contribution >= 4 is 23.5 Å². The summed E-state index contributed by atoms with van der Waals surface area (Å²) in [5.41, 5.74) is 3.34. The topological polar surface area (TPSA) is 54.4 Å². The van der Waals surface area contributed by atoms with E-state index in [-0.39, 0.29) is 5.78 Å². The smallest absolute Gasteiger partial charge is 0.335 e. The van der Waals surface area contributed by atoms with Crippen LogP contribution in [0.15, 0.2) is 57.4 Å². The molecule has 3 nitrogen and oxygen atoms in total. The molecule has 1 heterocycles. The molecule has 3 rings (SSSR count). The van der Waals surface area contributed by atoms with E-state index in [4.69, 9.17) is 5.11 Å². The van der Waals surface area contributed by atoms with Crippen LogP contribution >= 0.6 is 11.8 Å². The minimum Gasteiger partial charge on any atom is -0.478 e. The quantitative estimate of drug-likeness (QED) is 0.845. The Labute approximate surface area is 127 Å². The maximum absolute atomic E-state index is 11.5. The first-order chi connectivity index (χ1) is 10.0. The summed E-state index contributed by atoms with van der Waals surface area (Å²) < 4.78 is 0. The summed E-state index contributed by atoms with van der Waals surface area (Å²) in [6.45, 7) is 1.56. The Kier molecular flexibility index (Phi) is 3.55.